The van der Waals surface area contributed by atoms with Crippen molar-refractivity contribution in [3.8, 4) is 0 Å². The lowest BCUT2D eigenvalue weighted by atomic mass is 9.98. The van der Waals surface area contributed by atoms with E-state index in [2.05, 4.69) is 60.7 Å². The Kier molecular flexibility index (Phi) is 3.20. The van der Waals surface area contributed by atoms with Crippen LogP contribution in [0.5, 0.6) is 0 Å². The predicted molar refractivity (Wildman–Crippen MR) is 90.1 cm³/mol. The van der Waals surface area contributed by atoms with Crippen molar-refractivity contribution in [3.05, 3.63) is 82.9 Å². The maximum atomic E-state index is 6.73. The van der Waals surface area contributed by atoms with Gasteiger partial charge in [0.2, 0.25) is 0 Å². The number of hydrogen-bond donors (Lipinski definition) is 0. The van der Waals surface area contributed by atoms with Crippen molar-refractivity contribution in [1.82, 2.24) is 0 Å². The summed E-state index contributed by atoms with van der Waals surface area (Å²) in [6, 6.07) is 21.7. The van der Waals surface area contributed by atoms with E-state index >= 15 is 0 Å². The third-order valence-corrected chi connectivity index (χ3v) is 4.99. The highest BCUT2D eigenvalue weighted by Gasteiger charge is 2.16. The summed E-state index contributed by atoms with van der Waals surface area (Å²) >= 11 is 6.73. The van der Waals surface area contributed by atoms with Crippen LogP contribution in [-0.4, -0.2) is 0 Å². The van der Waals surface area contributed by atoms with Crippen molar-refractivity contribution in [2.45, 2.75) is 24.6 Å². The van der Waals surface area contributed by atoms with Crippen LogP contribution in [0.3, 0.4) is 0 Å². The summed E-state index contributed by atoms with van der Waals surface area (Å²) in [6.45, 7) is 0. The number of fused-ring (bicyclic) bond motifs is 2. The van der Waals surface area contributed by atoms with Gasteiger partial charge in [-0.05, 0) is 58.4 Å². The maximum absolute atomic E-state index is 6.73. The van der Waals surface area contributed by atoms with Crippen LogP contribution in [-0.2, 0) is 12.8 Å². The lowest BCUT2D eigenvalue weighted by Gasteiger charge is -2.13. The van der Waals surface area contributed by atoms with E-state index in [0.717, 1.165) is 0 Å². The van der Waals surface area contributed by atoms with Gasteiger partial charge in [0.1, 0.15) is 0 Å². The predicted octanol–water partition coefficient (Wildman–Crippen LogP) is 5.66. The quantitative estimate of drug-likeness (QED) is 0.535. The summed E-state index contributed by atoms with van der Waals surface area (Å²) in [5.74, 6) is 0. The van der Waals surface area contributed by atoms with E-state index in [1.165, 1.54) is 52.3 Å². The van der Waals surface area contributed by atoms with E-state index in [0.29, 0.717) is 0 Å². The first kappa shape index (κ1) is 12.9. The number of rotatable bonds is 2. The summed E-state index contributed by atoms with van der Waals surface area (Å²) in [6.07, 6.45) is 3.70. The number of hydrogen-bond acceptors (Lipinski definition) is 0. The minimum Gasteiger partial charge on any atom is -0.113 e. The molecule has 0 saturated carbocycles. The fourth-order valence-electron chi connectivity index (χ4n) is 3.31. The van der Waals surface area contributed by atoms with Crippen LogP contribution >= 0.6 is 11.6 Å². The smallest absolute Gasteiger partial charge is 0.0835 e. The normalized spacial score (nSPS) is 15.1. The molecule has 1 heteroatoms. The molecule has 3 aromatic carbocycles. The molecule has 3 aromatic rings. The van der Waals surface area contributed by atoms with E-state index in [9.17, 15) is 0 Å². The molecule has 104 valence electrons. The highest BCUT2D eigenvalue weighted by molar-refractivity contribution is 6.22. The zero-order valence-corrected chi connectivity index (χ0v) is 12.6. The first-order valence-electron chi connectivity index (χ1n) is 7.56. The van der Waals surface area contributed by atoms with E-state index in [1.807, 2.05) is 0 Å². The zero-order chi connectivity index (χ0) is 14.2. The van der Waals surface area contributed by atoms with E-state index in [-0.39, 0.29) is 5.38 Å². The third-order valence-electron chi connectivity index (χ3n) is 4.48. The lowest BCUT2D eigenvalue weighted by molar-refractivity contribution is 0.911. The molecule has 1 unspecified atom stereocenters. The Morgan fingerprint density at radius 1 is 0.714 bits per heavy atom. The summed E-state index contributed by atoms with van der Waals surface area (Å²) < 4.78 is 0. The van der Waals surface area contributed by atoms with Crippen molar-refractivity contribution in [2.24, 2.45) is 0 Å². The maximum Gasteiger partial charge on any atom is 0.0835 e. The summed E-state index contributed by atoms with van der Waals surface area (Å²) in [5.41, 5.74) is 5.38. The van der Waals surface area contributed by atoms with Crippen LogP contribution in [0.4, 0.5) is 0 Å². The molecule has 0 saturated heterocycles. The van der Waals surface area contributed by atoms with Gasteiger partial charge < -0.3 is 0 Å². The molecule has 0 spiro atoms. The van der Waals surface area contributed by atoms with Crippen molar-refractivity contribution < 1.29 is 0 Å². The van der Waals surface area contributed by atoms with Crippen molar-refractivity contribution >= 4 is 22.4 Å². The first-order valence-corrected chi connectivity index (χ1v) is 7.99. The van der Waals surface area contributed by atoms with Gasteiger partial charge in [-0.25, -0.2) is 0 Å². The van der Waals surface area contributed by atoms with Gasteiger partial charge in [-0.15, -0.1) is 11.6 Å². The highest BCUT2D eigenvalue weighted by atomic mass is 35.5. The first-order chi connectivity index (χ1) is 10.3. The molecule has 4 rings (SSSR count). The van der Waals surface area contributed by atoms with Crippen molar-refractivity contribution in [3.63, 3.8) is 0 Å². The van der Waals surface area contributed by atoms with Crippen LogP contribution in [0.25, 0.3) is 10.8 Å². The van der Waals surface area contributed by atoms with Crippen LogP contribution in [0, 0.1) is 0 Å². The van der Waals surface area contributed by atoms with Crippen LogP contribution in [0.2, 0.25) is 0 Å². The van der Waals surface area contributed by atoms with Gasteiger partial charge >= 0.3 is 0 Å². The lowest BCUT2D eigenvalue weighted by Crippen LogP contribution is -1.95. The Hall–Kier alpha value is -1.79. The Morgan fingerprint density at radius 2 is 1.43 bits per heavy atom. The minimum atomic E-state index is -0.0690. The van der Waals surface area contributed by atoms with Crippen LogP contribution in [0.15, 0.2) is 60.7 Å². The van der Waals surface area contributed by atoms with Gasteiger partial charge in [-0.3, -0.25) is 0 Å². The van der Waals surface area contributed by atoms with Gasteiger partial charge in [-0.1, -0.05) is 54.6 Å². The topological polar surface area (TPSA) is 0 Å². The number of aryl methyl sites for hydroxylation is 2. The molecule has 0 heterocycles. The molecule has 0 bridgehead atoms. The Morgan fingerprint density at radius 3 is 2.33 bits per heavy atom. The Labute approximate surface area is 130 Å². The monoisotopic (exact) mass is 292 g/mol. The van der Waals surface area contributed by atoms with Crippen molar-refractivity contribution in [2.75, 3.05) is 0 Å². The molecule has 0 aromatic heterocycles. The van der Waals surface area contributed by atoms with E-state index < -0.39 is 0 Å². The van der Waals surface area contributed by atoms with Crippen LogP contribution in [0.1, 0.15) is 34.1 Å². The van der Waals surface area contributed by atoms with Gasteiger partial charge in [0.25, 0.3) is 0 Å². The average molecular weight is 293 g/mol. The second-order valence-corrected chi connectivity index (χ2v) is 6.29. The zero-order valence-electron chi connectivity index (χ0n) is 11.9. The molecule has 0 amide bonds. The summed E-state index contributed by atoms with van der Waals surface area (Å²) in [7, 11) is 0. The molecule has 1 atom stereocenters. The summed E-state index contributed by atoms with van der Waals surface area (Å²) in [4.78, 5) is 0. The molecular formula is C20H17Cl. The van der Waals surface area contributed by atoms with Crippen LogP contribution < -0.4 is 0 Å². The fraction of sp³-hybridized carbons (Fsp3) is 0.200. The Balaban J connectivity index is 1.73. The van der Waals surface area contributed by atoms with E-state index in [1.54, 1.807) is 0 Å². The molecule has 1 aliphatic rings. The second kappa shape index (κ2) is 5.20. The molecule has 0 radical (unpaired) electrons. The van der Waals surface area contributed by atoms with E-state index in [4.69, 9.17) is 11.6 Å². The SMILES string of the molecule is ClC(c1ccc2c(c1)CCC2)c1ccc2ccccc2c1. The number of alkyl halides is 1. The summed E-state index contributed by atoms with van der Waals surface area (Å²) in [5, 5.41) is 2.45. The molecule has 0 aliphatic heterocycles. The van der Waals surface area contributed by atoms with Gasteiger partial charge in [0.05, 0.1) is 5.38 Å². The standard InChI is InChI=1S/C20H17Cl/c21-20(19-11-9-15-6-3-7-17(15)13-19)18-10-8-14-4-1-2-5-16(14)12-18/h1-2,4-5,8-13,20H,3,6-7H2. The van der Waals surface area contributed by atoms with Gasteiger partial charge in [-0.2, -0.15) is 0 Å². The third kappa shape index (κ3) is 2.34. The molecule has 0 fully saturated rings. The largest absolute Gasteiger partial charge is 0.113 e. The molecule has 0 N–H and O–H groups in total. The second-order valence-electron chi connectivity index (χ2n) is 5.85. The average Bonchev–Trinajstić information content (AvgIpc) is 3.01. The number of halogens is 1. The minimum absolute atomic E-state index is 0.0690. The number of benzene rings is 3. The highest BCUT2D eigenvalue weighted by Crippen LogP contribution is 2.33. The molecule has 1 aliphatic carbocycles. The van der Waals surface area contributed by atoms with Gasteiger partial charge in [0.15, 0.2) is 0 Å². The fourth-order valence-corrected chi connectivity index (χ4v) is 3.58. The molecular weight excluding hydrogens is 276 g/mol. The van der Waals surface area contributed by atoms with Crippen molar-refractivity contribution in [1.29, 1.82) is 0 Å². The van der Waals surface area contributed by atoms with Gasteiger partial charge in [0, 0.05) is 0 Å². The molecule has 21 heavy (non-hydrogen) atoms. The Bertz CT molecular complexity index is 804. The molecule has 0 nitrogen and oxygen atoms in total.